The van der Waals surface area contributed by atoms with Crippen LogP contribution in [0, 0.1) is 0 Å². The van der Waals surface area contributed by atoms with Gasteiger partial charge < -0.3 is 9.88 Å². The van der Waals surface area contributed by atoms with E-state index in [2.05, 4.69) is 39.3 Å². The second kappa shape index (κ2) is 7.83. The van der Waals surface area contributed by atoms with Crippen LogP contribution in [0.15, 0.2) is 48.8 Å². The Morgan fingerprint density at radius 2 is 1.82 bits per heavy atom. The van der Waals surface area contributed by atoms with Gasteiger partial charge in [0, 0.05) is 49.5 Å². The van der Waals surface area contributed by atoms with E-state index in [0.29, 0.717) is 18.9 Å². The summed E-state index contributed by atoms with van der Waals surface area (Å²) in [6.07, 6.45) is 1.07. The van der Waals surface area contributed by atoms with Crippen LogP contribution in [0.5, 0.6) is 0 Å². The highest BCUT2D eigenvalue weighted by atomic mass is 19.4. The summed E-state index contributed by atoms with van der Waals surface area (Å²) >= 11 is 0. The van der Waals surface area contributed by atoms with Gasteiger partial charge in [-0.3, -0.25) is 4.90 Å². The van der Waals surface area contributed by atoms with Gasteiger partial charge >= 0.3 is 6.18 Å². The van der Waals surface area contributed by atoms with Crippen molar-refractivity contribution in [1.82, 2.24) is 14.9 Å². The van der Waals surface area contributed by atoms with Crippen molar-refractivity contribution in [3.05, 3.63) is 59.9 Å². The van der Waals surface area contributed by atoms with Crippen molar-refractivity contribution in [2.45, 2.75) is 19.0 Å². The van der Waals surface area contributed by atoms with E-state index in [-0.39, 0.29) is 0 Å². The highest BCUT2D eigenvalue weighted by Crippen LogP contribution is 2.31. The lowest BCUT2D eigenvalue weighted by atomic mass is 10.1. The molecule has 28 heavy (non-hydrogen) atoms. The van der Waals surface area contributed by atoms with Crippen LogP contribution in [0.1, 0.15) is 17.5 Å². The molecule has 0 saturated carbocycles. The number of benzene rings is 1. The first-order chi connectivity index (χ1) is 13.5. The molecule has 7 heteroatoms. The largest absolute Gasteiger partial charge is 0.416 e. The lowest BCUT2D eigenvalue weighted by Crippen LogP contribution is -2.47. The third-order valence-corrected chi connectivity index (χ3v) is 5.36. The van der Waals surface area contributed by atoms with Crippen molar-refractivity contribution in [2.75, 3.05) is 37.6 Å². The fourth-order valence-electron chi connectivity index (χ4n) is 3.80. The first-order valence-electron chi connectivity index (χ1n) is 9.56. The number of aromatic amines is 1. The fourth-order valence-corrected chi connectivity index (χ4v) is 3.80. The first-order valence-corrected chi connectivity index (χ1v) is 9.56. The number of hydrogen-bond donors (Lipinski definition) is 1. The number of anilines is 1. The Hall–Kier alpha value is -2.54. The number of hydrogen-bond acceptors (Lipinski definition) is 3. The van der Waals surface area contributed by atoms with E-state index in [1.54, 1.807) is 0 Å². The van der Waals surface area contributed by atoms with Gasteiger partial charge in [0.25, 0.3) is 0 Å². The molecule has 1 fully saturated rings. The van der Waals surface area contributed by atoms with E-state index in [1.165, 1.54) is 22.7 Å². The first kappa shape index (κ1) is 18.8. The Morgan fingerprint density at radius 3 is 2.61 bits per heavy atom. The van der Waals surface area contributed by atoms with Crippen molar-refractivity contribution in [2.24, 2.45) is 0 Å². The average molecular weight is 388 g/mol. The van der Waals surface area contributed by atoms with Crippen molar-refractivity contribution < 1.29 is 13.2 Å². The number of halogens is 3. The normalized spacial score (nSPS) is 16.0. The third-order valence-electron chi connectivity index (χ3n) is 5.36. The summed E-state index contributed by atoms with van der Waals surface area (Å²) in [4.78, 5) is 11.7. The minimum Gasteiger partial charge on any atom is -0.361 e. The van der Waals surface area contributed by atoms with Crippen LogP contribution in [0.4, 0.5) is 19.0 Å². The lowest BCUT2D eigenvalue weighted by molar-refractivity contribution is -0.137. The van der Waals surface area contributed by atoms with Crippen LogP contribution in [0.3, 0.4) is 0 Å². The Labute approximate surface area is 162 Å². The topological polar surface area (TPSA) is 35.2 Å². The zero-order valence-corrected chi connectivity index (χ0v) is 15.5. The lowest BCUT2D eigenvalue weighted by Gasteiger charge is -2.35. The number of fused-ring (bicyclic) bond motifs is 1. The molecule has 0 bridgehead atoms. The number of aryl methyl sites for hydroxylation is 1. The zero-order valence-electron chi connectivity index (χ0n) is 15.5. The molecule has 2 aromatic heterocycles. The smallest absolute Gasteiger partial charge is 0.361 e. The van der Waals surface area contributed by atoms with Gasteiger partial charge in [0.2, 0.25) is 0 Å². The number of alkyl halides is 3. The number of aromatic nitrogens is 2. The molecule has 0 unspecified atom stereocenters. The second-order valence-electron chi connectivity index (χ2n) is 7.19. The number of H-pyrrole nitrogens is 1. The van der Waals surface area contributed by atoms with Crippen LogP contribution in [-0.2, 0) is 12.6 Å². The van der Waals surface area contributed by atoms with Gasteiger partial charge in [-0.1, -0.05) is 18.2 Å². The monoisotopic (exact) mass is 388 g/mol. The number of nitrogens with one attached hydrogen (secondary N) is 1. The predicted octanol–water partition coefficient (Wildman–Crippen LogP) is 4.34. The number of pyridine rings is 1. The zero-order chi connectivity index (χ0) is 19.6. The van der Waals surface area contributed by atoms with Gasteiger partial charge in [0.05, 0.1) is 5.56 Å². The van der Waals surface area contributed by atoms with Crippen LogP contribution < -0.4 is 4.90 Å². The molecule has 0 spiro atoms. The summed E-state index contributed by atoms with van der Waals surface area (Å²) in [5.41, 5.74) is 1.86. The van der Waals surface area contributed by atoms with Crippen LogP contribution in [0.2, 0.25) is 0 Å². The molecule has 3 aromatic rings. The molecule has 1 aliphatic rings. The van der Waals surface area contributed by atoms with E-state index < -0.39 is 11.7 Å². The molecule has 1 N–H and O–H groups in total. The maximum atomic E-state index is 12.9. The van der Waals surface area contributed by atoms with E-state index in [0.717, 1.165) is 44.6 Å². The molecule has 0 amide bonds. The Balaban J connectivity index is 1.28. The van der Waals surface area contributed by atoms with Crippen LogP contribution >= 0.6 is 0 Å². The molecule has 1 saturated heterocycles. The molecule has 148 valence electrons. The third kappa shape index (κ3) is 4.14. The average Bonchev–Trinajstić information content (AvgIpc) is 3.11. The maximum Gasteiger partial charge on any atom is 0.416 e. The highest BCUT2D eigenvalue weighted by Gasteiger charge is 2.31. The maximum absolute atomic E-state index is 12.9. The summed E-state index contributed by atoms with van der Waals surface area (Å²) in [5, 5.41) is 1.28. The summed E-state index contributed by atoms with van der Waals surface area (Å²) < 4.78 is 38.7. The molecular formula is C21H23F3N4. The van der Waals surface area contributed by atoms with Gasteiger partial charge in [-0.25, -0.2) is 4.98 Å². The van der Waals surface area contributed by atoms with E-state index in [1.807, 2.05) is 11.0 Å². The van der Waals surface area contributed by atoms with E-state index >= 15 is 0 Å². The molecular weight excluding hydrogens is 365 g/mol. The minimum absolute atomic E-state index is 0.410. The molecule has 3 heterocycles. The van der Waals surface area contributed by atoms with Gasteiger partial charge in [-0.05, 0) is 43.1 Å². The van der Waals surface area contributed by atoms with Crippen molar-refractivity contribution in [3.63, 3.8) is 0 Å². The van der Waals surface area contributed by atoms with Crippen molar-refractivity contribution >= 4 is 16.7 Å². The second-order valence-corrected chi connectivity index (χ2v) is 7.19. The number of para-hydroxylation sites is 1. The highest BCUT2D eigenvalue weighted by molar-refractivity contribution is 5.82. The molecule has 4 rings (SSSR count). The molecule has 0 radical (unpaired) electrons. The Morgan fingerprint density at radius 1 is 1.04 bits per heavy atom. The van der Waals surface area contributed by atoms with Crippen LogP contribution in [-0.4, -0.2) is 47.6 Å². The Kier molecular flexibility index (Phi) is 5.26. The van der Waals surface area contributed by atoms with Gasteiger partial charge in [-0.2, -0.15) is 13.2 Å². The SMILES string of the molecule is FC(F)(F)c1ccnc(N2CCN(CCCc3c[nH]c4ccccc34)CC2)c1. The van der Waals surface area contributed by atoms with E-state index in [9.17, 15) is 13.2 Å². The van der Waals surface area contributed by atoms with Gasteiger partial charge in [0.1, 0.15) is 5.82 Å². The quantitative estimate of drug-likeness (QED) is 0.706. The standard InChI is InChI=1S/C21H23F3N4/c22-21(23,24)17-7-8-25-20(14-17)28-12-10-27(11-13-28)9-3-4-16-15-26-19-6-2-1-5-18(16)19/h1-2,5-8,14-15,26H,3-4,9-13H2. The van der Waals surface area contributed by atoms with Crippen molar-refractivity contribution in [3.8, 4) is 0 Å². The summed E-state index contributed by atoms with van der Waals surface area (Å²) in [5.74, 6) is 0.410. The van der Waals surface area contributed by atoms with Crippen molar-refractivity contribution in [1.29, 1.82) is 0 Å². The number of rotatable bonds is 5. The fraction of sp³-hybridized carbons (Fsp3) is 0.381. The summed E-state index contributed by atoms with van der Waals surface area (Å²) in [6.45, 7) is 4.06. The van der Waals surface area contributed by atoms with Gasteiger partial charge in [-0.15, -0.1) is 0 Å². The van der Waals surface area contributed by atoms with E-state index in [4.69, 9.17) is 0 Å². The molecule has 1 aromatic carbocycles. The predicted molar refractivity (Wildman–Crippen MR) is 105 cm³/mol. The summed E-state index contributed by atoms with van der Waals surface area (Å²) in [6, 6.07) is 10.5. The summed E-state index contributed by atoms with van der Waals surface area (Å²) in [7, 11) is 0. The number of nitrogens with zero attached hydrogens (tertiary/aromatic N) is 3. The molecule has 1 aliphatic heterocycles. The molecule has 4 nitrogen and oxygen atoms in total. The molecule has 0 atom stereocenters. The van der Waals surface area contributed by atoms with Gasteiger partial charge in [0.15, 0.2) is 0 Å². The molecule has 0 aliphatic carbocycles. The number of piperazine rings is 1. The van der Waals surface area contributed by atoms with Crippen LogP contribution in [0.25, 0.3) is 10.9 Å². The minimum atomic E-state index is -4.33. The Bertz CT molecular complexity index is 927.